The SMILES string of the molecule is CS(=O)(=O)c1cccc(C(=O)N2CC[C@H](C(F)F)C2)c1. The van der Waals surface area contributed by atoms with E-state index in [1.54, 1.807) is 0 Å². The van der Waals surface area contributed by atoms with Crippen LogP contribution in [0.4, 0.5) is 8.78 Å². The summed E-state index contributed by atoms with van der Waals surface area (Å²) in [7, 11) is -3.40. The quantitative estimate of drug-likeness (QED) is 0.856. The van der Waals surface area contributed by atoms with Crippen molar-refractivity contribution < 1.29 is 22.0 Å². The fraction of sp³-hybridized carbons (Fsp3) is 0.462. The molecule has 0 aliphatic carbocycles. The third-order valence-electron chi connectivity index (χ3n) is 3.38. The van der Waals surface area contributed by atoms with Crippen molar-refractivity contribution in [2.75, 3.05) is 19.3 Å². The van der Waals surface area contributed by atoms with Crippen molar-refractivity contribution in [3.8, 4) is 0 Å². The predicted octanol–water partition coefficient (Wildman–Crippen LogP) is 1.82. The second-order valence-electron chi connectivity index (χ2n) is 4.93. The van der Waals surface area contributed by atoms with Crippen LogP contribution in [0.3, 0.4) is 0 Å². The van der Waals surface area contributed by atoms with Crippen molar-refractivity contribution >= 4 is 15.7 Å². The van der Waals surface area contributed by atoms with Crippen molar-refractivity contribution in [3.63, 3.8) is 0 Å². The Labute approximate surface area is 116 Å². The van der Waals surface area contributed by atoms with Crippen LogP contribution in [0.2, 0.25) is 0 Å². The van der Waals surface area contributed by atoms with E-state index in [9.17, 15) is 22.0 Å². The molecular formula is C13H15F2NO3S. The molecule has 0 bridgehead atoms. The number of carbonyl (C=O) groups excluding carboxylic acids is 1. The molecule has 0 unspecified atom stereocenters. The lowest BCUT2D eigenvalue weighted by atomic mass is 10.1. The van der Waals surface area contributed by atoms with Gasteiger partial charge >= 0.3 is 0 Å². The highest BCUT2D eigenvalue weighted by molar-refractivity contribution is 7.90. The summed E-state index contributed by atoms with van der Waals surface area (Å²) >= 11 is 0. The number of sulfone groups is 1. The number of nitrogens with zero attached hydrogens (tertiary/aromatic N) is 1. The van der Waals surface area contributed by atoms with Gasteiger partial charge in [0.05, 0.1) is 4.90 Å². The van der Waals surface area contributed by atoms with Gasteiger partial charge in [-0.2, -0.15) is 0 Å². The monoisotopic (exact) mass is 303 g/mol. The number of likely N-dealkylation sites (tertiary alicyclic amines) is 1. The summed E-state index contributed by atoms with van der Waals surface area (Å²) in [5.74, 6) is -1.20. The van der Waals surface area contributed by atoms with E-state index in [-0.39, 0.29) is 30.0 Å². The zero-order valence-corrected chi connectivity index (χ0v) is 11.7. The Hall–Kier alpha value is -1.50. The van der Waals surface area contributed by atoms with Gasteiger partial charge in [0.1, 0.15) is 0 Å². The molecule has 1 aromatic carbocycles. The van der Waals surface area contributed by atoms with Crippen LogP contribution in [-0.4, -0.2) is 45.0 Å². The summed E-state index contributed by atoms with van der Waals surface area (Å²) in [6.07, 6.45) is -1.11. The molecule has 1 heterocycles. The fourth-order valence-electron chi connectivity index (χ4n) is 2.22. The van der Waals surface area contributed by atoms with Gasteiger partial charge in [0.2, 0.25) is 6.43 Å². The van der Waals surface area contributed by atoms with Gasteiger partial charge in [0.15, 0.2) is 9.84 Å². The van der Waals surface area contributed by atoms with E-state index < -0.39 is 28.1 Å². The summed E-state index contributed by atoms with van der Waals surface area (Å²) in [5, 5.41) is 0. The normalized spacial score (nSPS) is 19.6. The van der Waals surface area contributed by atoms with Crippen LogP contribution in [0, 0.1) is 5.92 Å². The first-order chi connectivity index (χ1) is 9.29. The molecule has 2 rings (SSSR count). The lowest BCUT2D eigenvalue weighted by Gasteiger charge is -2.16. The predicted molar refractivity (Wildman–Crippen MR) is 69.6 cm³/mol. The fourth-order valence-corrected chi connectivity index (χ4v) is 2.89. The minimum atomic E-state index is -3.40. The van der Waals surface area contributed by atoms with Gasteiger partial charge in [-0.05, 0) is 24.6 Å². The number of amides is 1. The second-order valence-corrected chi connectivity index (χ2v) is 6.95. The third-order valence-corrected chi connectivity index (χ3v) is 4.49. The molecule has 4 nitrogen and oxygen atoms in total. The van der Waals surface area contributed by atoms with Gasteiger partial charge in [0.25, 0.3) is 5.91 Å². The Morgan fingerprint density at radius 1 is 1.40 bits per heavy atom. The number of alkyl halides is 2. The van der Waals surface area contributed by atoms with Crippen molar-refractivity contribution in [2.45, 2.75) is 17.7 Å². The molecule has 0 aromatic heterocycles. The number of halogens is 2. The van der Waals surface area contributed by atoms with E-state index in [0.29, 0.717) is 0 Å². The maximum Gasteiger partial charge on any atom is 0.253 e. The first-order valence-corrected chi connectivity index (χ1v) is 8.05. The minimum absolute atomic E-state index is 0.0135. The largest absolute Gasteiger partial charge is 0.338 e. The van der Waals surface area contributed by atoms with E-state index >= 15 is 0 Å². The molecule has 1 aromatic rings. The summed E-state index contributed by atoms with van der Waals surface area (Å²) < 4.78 is 48.1. The van der Waals surface area contributed by atoms with Crippen molar-refractivity contribution in [2.24, 2.45) is 5.92 Å². The molecule has 1 saturated heterocycles. The zero-order valence-electron chi connectivity index (χ0n) is 10.9. The van der Waals surface area contributed by atoms with Gasteiger partial charge in [-0.3, -0.25) is 4.79 Å². The van der Waals surface area contributed by atoms with E-state index in [1.165, 1.54) is 29.2 Å². The number of rotatable bonds is 3. The number of benzene rings is 1. The molecule has 110 valence electrons. The smallest absolute Gasteiger partial charge is 0.253 e. The van der Waals surface area contributed by atoms with Crippen LogP contribution in [0.5, 0.6) is 0 Å². The topological polar surface area (TPSA) is 54.5 Å². The van der Waals surface area contributed by atoms with E-state index in [4.69, 9.17) is 0 Å². The molecule has 1 amide bonds. The molecule has 1 aliphatic heterocycles. The Morgan fingerprint density at radius 2 is 2.10 bits per heavy atom. The van der Waals surface area contributed by atoms with Gasteiger partial charge in [0, 0.05) is 30.8 Å². The van der Waals surface area contributed by atoms with Gasteiger partial charge in [-0.1, -0.05) is 6.07 Å². The van der Waals surface area contributed by atoms with Gasteiger partial charge in [-0.25, -0.2) is 17.2 Å². The average molecular weight is 303 g/mol. The first kappa shape index (κ1) is 14.9. The van der Waals surface area contributed by atoms with E-state index in [2.05, 4.69) is 0 Å². The van der Waals surface area contributed by atoms with Crippen molar-refractivity contribution in [3.05, 3.63) is 29.8 Å². The Morgan fingerprint density at radius 3 is 2.65 bits per heavy atom. The zero-order chi connectivity index (χ0) is 14.9. The van der Waals surface area contributed by atoms with Crippen LogP contribution in [0.15, 0.2) is 29.2 Å². The first-order valence-electron chi connectivity index (χ1n) is 6.16. The lowest BCUT2D eigenvalue weighted by Crippen LogP contribution is -2.29. The molecule has 0 spiro atoms. The number of carbonyl (C=O) groups is 1. The maximum absolute atomic E-state index is 12.6. The molecule has 20 heavy (non-hydrogen) atoms. The van der Waals surface area contributed by atoms with Crippen LogP contribution in [-0.2, 0) is 9.84 Å². The van der Waals surface area contributed by atoms with Crippen LogP contribution < -0.4 is 0 Å². The van der Waals surface area contributed by atoms with Gasteiger partial charge in [-0.15, -0.1) is 0 Å². The molecule has 1 atom stereocenters. The standard InChI is InChI=1S/C13H15F2NO3S/c1-20(18,19)11-4-2-3-9(7-11)13(17)16-6-5-10(8-16)12(14)15/h2-4,7,10,12H,5-6,8H2,1H3/t10-/m0/s1. The molecule has 1 aliphatic rings. The van der Waals surface area contributed by atoms with Gasteiger partial charge < -0.3 is 4.90 Å². The number of hydrogen-bond acceptors (Lipinski definition) is 3. The molecule has 1 fully saturated rings. The minimum Gasteiger partial charge on any atom is -0.338 e. The molecule has 0 saturated carbocycles. The third kappa shape index (κ3) is 3.15. The summed E-state index contributed by atoms with van der Waals surface area (Å²) in [6.45, 7) is 0.288. The molecular weight excluding hydrogens is 288 g/mol. The highest BCUT2D eigenvalue weighted by Gasteiger charge is 2.32. The molecule has 0 N–H and O–H groups in total. The maximum atomic E-state index is 12.6. The second kappa shape index (κ2) is 5.47. The summed E-state index contributed by atoms with van der Waals surface area (Å²) in [5.41, 5.74) is 0.211. The summed E-state index contributed by atoms with van der Waals surface area (Å²) in [4.78, 5) is 13.6. The number of hydrogen-bond donors (Lipinski definition) is 0. The van der Waals surface area contributed by atoms with Crippen LogP contribution >= 0.6 is 0 Å². The molecule has 7 heteroatoms. The highest BCUT2D eigenvalue weighted by Crippen LogP contribution is 2.24. The van der Waals surface area contributed by atoms with Crippen LogP contribution in [0.1, 0.15) is 16.8 Å². The van der Waals surface area contributed by atoms with E-state index in [0.717, 1.165) is 6.26 Å². The molecule has 0 radical (unpaired) electrons. The van der Waals surface area contributed by atoms with E-state index in [1.807, 2.05) is 0 Å². The highest BCUT2D eigenvalue weighted by atomic mass is 32.2. The Kier molecular flexibility index (Phi) is 4.08. The summed E-state index contributed by atoms with van der Waals surface area (Å²) in [6, 6.07) is 5.66. The lowest BCUT2D eigenvalue weighted by molar-refractivity contribution is 0.0684. The van der Waals surface area contributed by atoms with Crippen LogP contribution in [0.25, 0.3) is 0 Å². The Balaban J connectivity index is 2.19. The van der Waals surface area contributed by atoms with Crippen molar-refractivity contribution in [1.82, 2.24) is 4.90 Å². The van der Waals surface area contributed by atoms with Crippen molar-refractivity contribution in [1.29, 1.82) is 0 Å². The Bertz CT molecular complexity index is 616. The average Bonchev–Trinajstić information content (AvgIpc) is 2.87.